The lowest BCUT2D eigenvalue weighted by molar-refractivity contribution is 0.102. The van der Waals surface area contributed by atoms with Crippen LogP contribution in [0, 0.1) is 13.8 Å². The van der Waals surface area contributed by atoms with Crippen molar-refractivity contribution in [3.63, 3.8) is 0 Å². The van der Waals surface area contributed by atoms with E-state index in [4.69, 9.17) is 9.26 Å². The summed E-state index contributed by atoms with van der Waals surface area (Å²) in [6, 6.07) is 12.5. The summed E-state index contributed by atoms with van der Waals surface area (Å²) in [7, 11) is 0. The molecule has 0 saturated heterocycles. The first-order valence-corrected chi connectivity index (χ1v) is 9.62. The highest BCUT2D eigenvalue weighted by molar-refractivity contribution is 7.18. The van der Waals surface area contributed by atoms with Crippen molar-refractivity contribution >= 4 is 22.4 Å². The summed E-state index contributed by atoms with van der Waals surface area (Å²) < 4.78 is 10.9. The Balaban J connectivity index is 1.43. The first-order valence-electron chi connectivity index (χ1n) is 8.81. The van der Waals surface area contributed by atoms with Crippen molar-refractivity contribution in [2.75, 3.05) is 5.32 Å². The van der Waals surface area contributed by atoms with E-state index in [1.807, 2.05) is 32.0 Å². The Morgan fingerprint density at radius 3 is 2.83 bits per heavy atom. The molecule has 1 aromatic carbocycles. The minimum Gasteiger partial charge on any atom is -0.489 e. The van der Waals surface area contributed by atoms with Crippen molar-refractivity contribution in [2.45, 2.75) is 20.5 Å². The van der Waals surface area contributed by atoms with E-state index < -0.39 is 0 Å². The number of carbonyl (C=O) groups excluding carboxylic acids is 1. The van der Waals surface area contributed by atoms with Gasteiger partial charge < -0.3 is 9.26 Å². The van der Waals surface area contributed by atoms with Gasteiger partial charge in [-0.25, -0.2) is 0 Å². The second kappa shape index (κ2) is 8.19. The van der Waals surface area contributed by atoms with Crippen molar-refractivity contribution in [3.8, 4) is 16.5 Å². The summed E-state index contributed by atoms with van der Waals surface area (Å²) in [5.74, 6) is 0.997. The molecule has 0 radical (unpaired) electrons. The maximum Gasteiger partial charge on any atom is 0.257 e. The number of aromatic nitrogens is 4. The predicted molar refractivity (Wildman–Crippen MR) is 108 cm³/mol. The second-order valence-electron chi connectivity index (χ2n) is 6.20. The fraction of sp³-hybridized carbons (Fsp3) is 0.150. The molecule has 0 atom stereocenters. The summed E-state index contributed by atoms with van der Waals surface area (Å²) in [6.07, 6.45) is 1.68. The van der Waals surface area contributed by atoms with Crippen LogP contribution in [-0.4, -0.2) is 26.2 Å². The largest absolute Gasteiger partial charge is 0.489 e. The number of pyridine rings is 1. The standard InChI is InChI=1S/C20H17N5O3S/c1-12-16(13(2)28-25-12)11-27-15-7-5-6-14(10-15)18(26)22-20-24-23-19(29-20)17-8-3-4-9-21-17/h3-10H,11H2,1-2H3,(H,22,24,26). The zero-order valence-corrected chi connectivity index (χ0v) is 16.6. The molecule has 146 valence electrons. The Morgan fingerprint density at radius 2 is 2.07 bits per heavy atom. The number of carbonyl (C=O) groups is 1. The maximum atomic E-state index is 12.6. The Labute approximate surface area is 170 Å². The molecule has 1 amide bonds. The van der Waals surface area contributed by atoms with Crippen LogP contribution < -0.4 is 10.1 Å². The van der Waals surface area contributed by atoms with Crippen LogP contribution in [0.4, 0.5) is 5.13 Å². The molecular weight excluding hydrogens is 390 g/mol. The smallest absolute Gasteiger partial charge is 0.257 e. The molecule has 9 heteroatoms. The number of rotatable bonds is 6. The van der Waals surface area contributed by atoms with Gasteiger partial charge in [-0.1, -0.05) is 28.6 Å². The zero-order valence-electron chi connectivity index (χ0n) is 15.7. The summed E-state index contributed by atoms with van der Waals surface area (Å²) in [6.45, 7) is 4.01. The molecular formula is C20H17N5O3S. The molecule has 4 rings (SSSR count). The monoisotopic (exact) mass is 407 g/mol. The highest BCUT2D eigenvalue weighted by Gasteiger charge is 2.13. The van der Waals surface area contributed by atoms with Gasteiger partial charge in [0.25, 0.3) is 5.91 Å². The van der Waals surface area contributed by atoms with Gasteiger partial charge in [0, 0.05) is 11.8 Å². The van der Waals surface area contributed by atoms with Crippen LogP contribution in [0.25, 0.3) is 10.7 Å². The third-order valence-corrected chi connectivity index (χ3v) is 5.05. The number of nitrogens with zero attached hydrogens (tertiary/aromatic N) is 4. The van der Waals surface area contributed by atoms with Crippen molar-refractivity contribution in [3.05, 3.63) is 71.2 Å². The predicted octanol–water partition coefficient (Wildman–Crippen LogP) is 4.04. The summed E-state index contributed by atoms with van der Waals surface area (Å²) in [5.41, 5.74) is 2.85. The first-order chi connectivity index (χ1) is 14.1. The highest BCUT2D eigenvalue weighted by Crippen LogP contribution is 2.25. The number of nitrogens with one attached hydrogen (secondary N) is 1. The van der Waals surface area contributed by atoms with E-state index in [-0.39, 0.29) is 5.91 Å². The molecule has 29 heavy (non-hydrogen) atoms. The van der Waals surface area contributed by atoms with E-state index >= 15 is 0 Å². The minimum atomic E-state index is -0.295. The fourth-order valence-corrected chi connectivity index (χ4v) is 3.34. The fourth-order valence-electron chi connectivity index (χ4n) is 2.63. The van der Waals surface area contributed by atoms with Gasteiger partial charge in [0.05, 0.1) is 11.3 Å². The van der Waals surface area contributed by atoms with Gasteiger partial charge in [0.1, 0.15) is 23.8 Å². The van der Waals surface area contributed by atoms with Crippen molar-refractivity contribution in [2.24, 2.45) is 0 Å². The van der Waals surface area contributed by atoms with Gasteiger partial charge in [0.15, 0.2) is 5.01 Å². The number of hydrogen-bond acceptors (Lipinski definition) is 8. The van der Waals surface area contributed by atoms with Crippen LogP contribution in [0.3, 0.4) is 0 Å². The van der Waals surface area contributed by atoms with Crippen LogP contribution >= 0.6 is 11.3 Å². The van der Waals surface area contributed by atoms with Gasteiger partial charge in [-0.15, -0.1) is 10.2 Å². The molecule has 0 unspecified atom stereocenters. The Hall–Kier alpha value is -3.59. The summed E-state index contributed by atoms with van der Waals surface area (Å²) in [4.78, 5) is 16.8. The number of benzene rings is 1. The lowest BCUT2D eigenvalue weighted by Gasteiger charge is -2.07. The quantitative estimate of drug-likeness (QED) is 0.514. The van der Waals surface area contributed by atoms with Crippen molar-refractivity contribution in [1.29, 1.82) is 0 Å². The molecule has 3 heterocycles. The topological polar surface area (TPSA) is 103 Å². The highest BCUT2D eigenvalue weighted by atomic mass is 32.1. The molecule has 0 saturated carbocycles. The molecule has 0 aliphatic heterocycles. The van der Waals surface area contributed by atoms with Gasteiger partial charge in [-0.2, -0.15) is 0 Å². The lowest BCUT2D eigenvalue weighted by atomic mass is 10.2. The van der Waals surface area contributed by atoms with Gasteiger partial charge in [-0.3, -0.25) is 15.1 Å². The second-order valence-corrected chi connectivity index (χ2v) is 7.18. The third kappa shape index (κ3) is 4.30. The minimum absolute atomic E-state index is 0.295. The summed E-state index contributed by atoms with van der Waals surface area (Å²) >= 11 is 1.26. The van der Waals surface area contributed by atoms with Crippen LogP contribution in [0.1, 0.15) is 27.4 Å². The molecule has 0 fully saturated rings. The van der Waals surface area contributed by atoms with Gasteiger partial charge >= 0.3 is 0 Å². The molecule has 0 bridgehead atoms. The Bertz CT molecular complexity index is 1120. The normalized spacial score (nSPS) is 10.7. The molecule has 8 nitrogen and oxygen atoms in total. The van der Waals surface area contributed by atoms with Crippen molar-refractivity contribution < 1.29 is 14.1 Å². The van der Waals surface area contributed by atoms with E-state index in [1.54, 1.807) is 30.5 Å². The average Bonchev–Trinajstić information content (AvgIpc) is 3.34. The molecule has 4 aromatic rings. The van der Waals surface area contributed by atoms with Crippen LogP contribution in [-0.2, 0) is 6.61 Å². The van der Waals surface area contributed by atoms with Crippen molar-refractivity contribution in [1.82, 2.24) is 20.3 Å². The average molecular weight is 407 g/mol. The Kier molecular flexibility index (Phi) is 5.30. The first kappa shape index (κ1) is 18.8. The molecule has 1 N–H and O–H groups in total. The molecule has 0 aliphatic carbocycles. The lowest BCUT2D eigenvalue weighted by Crippen LogP contribution is -2.11. The number of anilines is 1. The van der Waals surface area contributed by atoms with E-state index in [9.17, 15) is 4.79 Å². The van der Waals surface area contributed by atoms with Crippen LogP contribution in [0.15, 0.2) is 53.2 Å². The van der Waals surface area contributed by atoms with Gasteiger partial charge in [-0.05, 0) is 44.2 Å². The zero-order chi connectivity index (χ0) is 20.2. The molecule has 0 spiro atoms. The van der Waals surface area contributed by atoms with Crippen LogP contribution in [0.2, 0.25) is 0 Å². The van der Waals surface area contributed by atoms with E-state index in [1.165, 1.54) is 11.3 Å². The third-order valence-electron chi connectivity index (χ3n) is 4.19. The van der Waals surface area contributed by atoms with E-state index in [0.29, 0.717) is 33.8 Å². The summed E-state index contributed by atoms with van der Waals surface area (Å²) in [5, 5.41) is 15.8. The van der Waals surface area contributed by atoms with Crippen LogP contribution in [0.5, 0.6) is 5.75 Å². The van der Waals surface area contributed by atoms with Gasteiger partial charge in [0.2, 0.25) is 5.13 Å². The number of hydrogen-bond donors (Lipinski definition) is 1. The van der Waals surface area contributed by atoms with E-state index in [0.717, 1.165) is 17.0 Å². The number of amides is 1. The number of aryl methyl sites for hydroxylation is 2. The number of ether oxygens (including phenoxy) is 1. The molecule has 3 aromatic heterocycles. The van der Waals surface area contributed by atoms with E-state index in [2.05, 4.69) is 25.7 Å². The molecule has 0 aliphatic rings. The Morgan fingerprint density at radius 1 is 1.17 bits per heavy atom. The SMILES string of the molecule is Cc1noc(C)c1COc1cccc(C(=O)Nc2nnc(-c3ccccn3)s2)c1. The maximum absolute atomic E-state index is 12.6.